The highest BCUT2D eigenvalue weighted by Gasteiger charge is 2.56. The van der Waals surface area contributed by atoms with Crippen LogP contribution in [0.4, 0.5) is 0 Å². The number of amides is 2. The van der Waals surface area contributed by atoms with Crippen LogP contribution in [0.15, 0.2) is 71.9 Å². The van der Waals surface area contributed by atoms with E-state index in [-0.39, 0.29) is 35.5 Å². The Morgan fingerprint density at radius 2 is 1.81 bits per heavy atom. The van der Waals surface area contributed by atoms with E-state index in [2.05, 4.69) is 18.0 Å². The van der Waals surface area contributed by atoms with Gasteiger partial charge in [0.2, 0.25) is 11.8 Å². The van der Waals surface area contributed by atoms with Gasteiger partial charge in [0.25, 0.3) is 0 Å². The standard InChI is InChI=1S/C35H39BN2O5/c1-3-9-24-20-27-33(35(41)38(18-4-2)34(27)40)28-21-36(42)43-31(32(24)28)16-14-23(29-12-7-8-17-37-29)19-22-13-15-30(39)26-11-6-5-10-25(22)26/h5-8,10-13,15,17,19,27-28,31,33,39,42H,3-4,9,14,16,18,20-21H2,1-2H3/b23-19-/t27-,28+,31-,33-/m1/s1. The maximum Gasteiger partial charge on any atom is 0.455 e. The zero-order valence-corrected chi connectivity index (χ0v) is 24.9. The number of carbonyl (C=O) groups excluding carboxylic acids is 2. The van der Waals surface area contributed by atoms with Gasteiger partial charge in [-0.15, -0.1) is 0 Å². The molecule has 1 aromatic heterocycles. The number of benzene rings is 2. The molecule has 2 saturated heterocycles. The quantitative estimate of drug-likeness (QED) is 0.177. The van der Waals surface area contributed by atoms with E-state index in [0.29, 0.717) is 32.1 Å². The molecule has 0 saturated carbocycles. The number of pyridine rings is 1. The third kappa shape index (κ3) is 5.54. The number of likely N-dealkylation sites (tertiary alicyclic amines) is 1. The lowest BCUT2D eigenvalue weighted by molar-refractivity contribution is -0.140. The topological polar surface area (TPSA) is 100.0 Å². The van der Waals surface area contributed by atoms with E-state index < -0.39 is 13.0 Å². The molecule has 2 fully saturated rings. The number of aromatic hydroxyl groups is 1. The molecule has 3 heterocycles. The molecule has 2 aromatic carbocycles. The van der Waals surface area contributed by atoms with Gasteiger partial charge in [0, 0.05) is 18.1 Å². The Labute approximate surface area is 253 Å². The molecule has 3 aliphatic rings. The third-order valence-corrected chi connectivity index (χ3v) is 9.33. The summed E-state index contributed by atoms with van der Waals surface area (Å²) in [7, 11) is -0.994. The van der Waals surface area contributed by atoms with Gasteiger partial charge >= 0.3 is 7.12 Å². The van der Waals surface area contributed by atoms with Crippen molar-refractivity contribution in [2.24, 2.45) is 17.8 Å². The van der Waals surface area contributed by atoms with E-state index in [9.17, 15) is 19.7 Å². The summed E-state index contributed by atoms with van der Waals surface area (Å²) in [6, 6.07) is 17.3. The Hall–Kier alpha value is -3.75. The second-order valence-corrected chi connectivity index (χ2v) is 12.0. The summed E-state index contributed by atoms with van der Waals surface area (Å²) in [6.45, 7) is 4.57. The first-order valence-corrected chi connectivity index (χ1v) is 15.6. The molecule has 43 heavy (non-hydrogen) atoms. The number of imide groups is 1. The molecule has 1 aliphatic carbocycles. The molecule has 0 unspecified atom stereocenters. The molecule has 2 aliphatic heterocycles. The first-order valence-electron chi connectivity index (χ1n) is 15.6. The van der Waals surface area contributed by atoms with Gasteiger partial charge in [-0.3, -0.25) is 19.5 Å². The van der Waals surface area contributed by atoms with E-state index in [1.807, 2.05) is 55.5 Å². The molecule has 4 atom stereocenters. The average molecular weight is 579 g/mol. The van der Waals surface area contributed by atoms with Crippen molar-refractivity contribution >= 4 is 41.4 Å². The van der Waals surface area contributed by atoms with Crippen LogP contribution in [-0.2, 0) is 14.2 Å². The van der Waals surface area contributed by atoms with E-state index in [0.717, 1.165) is 52.4 Å². The Morgan fingerprint density at radius 3 is 2.56 bits per heavy atom. The van der Waals surface area contributed by atoms with E-state index in [1.54, 1.807) is 12.3 Å². The van der Waals surface area contributed by atoms with Gasteiger partial charge in [0.15, 0.2) is 0 Å². The van der Waals surface area contributed by atoms with E-state index in [1.165, 1.54) is 10.5 Å². The molecule has 0 radical (unpaired) electrons. The highest BCUT2D eigenvalue weighted by Crippen LogP contribution is 2.51. The fourth-order valence-electron chi connectivity index (χ4n) is 7.55. The van der Waals surface area contributed by atoms with Gasteiger partial charge in [-0.2, -0.15) is 0 Å². The van der Waals surface area contributed by atoms with Gasteiger partial charge in [-0.1, -0.05) is 62.2 Å². The normalized spacial score (nSPS) is 24.1. The lowest BCUT2D eigenvalue weighted by atomic mass is 9.58. The largest absolute Gasteiger partial charge is 0.507 e. The van der Waals surface area contributed by atoms with Crippen molar-refractivity contribution in [3.8, 4) is 5.75 Å². The molecule has 6 rings (SSSR count). The number of hydrogen-bond acceptors (Lipinski definition) is 6. The Morgan fingerprint density at radius 1 is 1.02 bits per heavy atom. The van der Waals surface area contributed by atoms with Crippen LogP contribution in [-0.4, -0.2) is 51.6 Å². The van der Waals surface area contributed by atoms with Gasteiger partial charge in [0.1, 0.15) is 5.75 Å². The maximum absolute atomic E-state index is 13.6. The summed E-state index contributed by atoms with van der Waals surface area (Å²) in [5.41, 5.74) is 5.20. The smallest absolute Gasteiger partial charge is 0.455 e. The zero-order valence-electron chi connectivity index (χ0n) is 24.9. The Balaban J connectivity index is 1.36. The van der Waals surface area contributed by atoms with Crippen molar-refractivity contribution in [2.45, 2.75) is 64.8 Å². The van der Waals surface area contributed by atoms with Crippen molar-refractivity contribution in [1.82, 2.24) is 9.88 Å². The summed E-state index contributed by atoms with van der Waals surface area (Å²) < 4.78 is 6.25. The summed E-state index contributed by atoms with van der Waals surface area (Å²) in [4.78, 5) is 33.0. The number of phenolic OH excluding ortho intramolecular Hbond substituents is 1. The fourth-order valence-corrected chi connectivity index (χ4v) is 7.55. The monoisotopic (exact) mass is 578 g/mol. The number of carbonyl (C=O) groups is 2. The SMILES string of the molecule is CCCC1=C2[C@@H](CC/C(=C/c3ccc(O)c4ccccc34)c3ccccn3)OB(O)C[C@@H]2[C@@H]2C(=O)N(CCC)C(=O)[C@@H]2C1. The Kier molecular flexibility index (Phi) is 8.51. The first-order chi connectivity index (χ1) is 20.9. The molecule has 0 spiro atoms. The summed E-state index contributed by atoms with van der Waals surface area (Å²) in [6.07, 6.45) is 8.22. The second-order valence-electron chi connectivity index (χ2n) is 12.0. The van der Waals surface area contributed by atoms with Crippen LogP contribution in [0.2, 0.25) is 6.32 Å². The van der Waals surface area contributed by atoms with Crippen molar-refractivity contribution in [2.75, 3.05) is 6.54 Å². The number of aromatic nitrogens is 1. The number of rotatable bonds is 9. The van der Waals surface area contributed by atoms with Crippen LogP contribution in [0, 0.1) is 17.8 Å². The Bertz CT molecular complexity index is 1590. The second kappa shape index (κ2) is 12.5. The summed E-state index contributed by atoms with van der Waals surface area (Å²) in [5, 5.41) is 23.1. The molecule has 222 valence electrons. The summed E-state index contributed by atoms with van der Waals surface area (Å²) in [5.74, 6) is -0.863. The molecule has 3 aromatic rings. The number of hydrogen-bond donors (Lipinski definition) is 2. The zero-order chi connectivity index (χ0) is 30.1. The minimum atomic E-state index is -0.994. The minimum absolute atomic E-state index is 0.0523. The van der Waals surface area contributed by atoms with Crippen LogP contribution >= 0.6 is 0 Å². The molecule has 0 bridgehead atoms. The molecule has 2 amide bonds. The fraction of sp³-hybridized carbons (Fsp3) is 0.400. The van der Waals surface area contributed by atoms with Crippen LogP contribution in [0.3, 0.4) is 0 Å². The third-order valence-electron chi connectivity index (χ3n) is 9.33. The summed E-state index contributed by atoms with van der Waals surface area (Å²) >= 11 is 0. The molecule has 2 N–H and O–H groups in total. The molecular formula is C35H39BN2O5. The van der Waals surface area contributed by atoms with Gasteiger partial charge in [-0.25, -0.2) is 0 Å². The number of fused-ring (bicyclic) bond motifs is 4. The lowest BCUT2D eigenvalue weighted by Gasteiger charge is -2.43. The predicted molar refractivity (Wildman–Crippen MR) is 169 cm³/mol. The van der Waals surface area contributed by atoms with Gasteiger partial charge < -0.3 is 14.8 Å². The minimum Gasteiger partial charge on any atom is -0.507 e. The number of phenols is 1. The molecular weight excluding hydrogens is 539 g/mol. The van der Waals surface area contributed by atoms with Crippen molar-refractivity contribution < 1.29 is 24.4 Å². The van der Waals surface area contributed by atoms with Crippen molar-refractivity contribution in [3.05, 3.63) is 83.2 Å². The van der Waals surface area contributed by atoms with Crippen LogP contribution in [0.5, 0.6) is 5.75 Å². The number of nitrogens with zero attached hydrogens (tertiary/aromatic N) is 2. The van der Waals surface area contributed by atoms with E-state index >= 15 is 0 Å². The highest BCUT2D eigenvalue weighted by atomic mass is 16.5. The number of allylic oxidation sites excluding steroid dienone is 2. The van der Waals surface area contributed by atoms with Gasteiger partial charge in [-0.05, 0) is 90.7 Å². The van der Waals surface area contributed by atoms with Crippen LogP contribution < -0.4 is 0 Å². The first kappa shape index (κ1) is 29.3. The van der Waals surface area contributed by atoms with Crippen LogP contribution in [0.1, 0.15) is 63.6 Å². The highest BCUT2D eigenvalue weighted by molar-refractivity contribution is 6.43. The maximum atomic E-state index is 13.6. The predicted octanol–water partition coefficient (Wildman–Crippen LogP) is 6.27. The van der Waals surface area contributed by atoms with E-state index in [4.69, 9.17) is 4.65 Å². The molecule has 7 nitrogen and oxygen atoms in total. The average Bonchev–Trinajstić information content (AvgIpc) is 3.25. The van der Waals surface area contributed by atoms with Crippen molar-refractivity contribution in [1.29, 1.82) is 0 Å². The van der Waals surface area contributed by atoms with Crippen molar-refractivity contribution in [3.63, 3.8) is 0 Å². The van der Waals surface area contributed by atoms with Crippen LogP contribution in [0.25, 0.3) is 22.4 Å². The lowest BCUT2D eigenvalue weighted by Crippen LogP contribution is -2.46. The van der Waals surface area contributed by atoms with Gasteiger partial charge in [0.05, 0.1) is 23.6 Å². The molecule has 8 heteroatoms.